The van der Waals surface area contributed by atoms with E-state index in [9.17, 15) is 9.59 Å². The average molecular weight is 470 g/mol. The molecule has 7 nitrogen and oxygen atoms in total. The van der Waals surface area contributed by atoms with E-state index in [0.717, 1.165) is 29.8 Å². The number of benzene rings is 2. The van der Waals surface area contributed by atoms with Crippen molar-refractivity contribution in [3.05, 3.63) is 58.6 Å². The molecule has 1 aliphatic rings. The van der Waals surface area contributed by atoms with E-state index in [2.05, 4.69) is 20.8 Å². The van der Waals surface area contributed by atoms with E-state index in [-0.39, 0.29) is 23.6 Å². The number of aromatic nitrogens is 3. The van der Waals surface area contributed by atoms with Gasteiger partial charge in [0.1, 0.15) is 0 Å². The highest BCUT2D eigenvalue weighted by Gasteiger charge is 2.24. The van der Waals surface area contributed by atoms with Gasteiger partial charge in [0.25, 0.3) is 5.91 Å². The molecule has 1 fully saturated rings. The summed E-state index contributed by atoms with van der Waals surface area (Å²) < 4.78 is 2.00. The molecule has 1 heterocycles. The Morgan fingerprint density at radius 2 is 1.97 bits per heavy atom. The highest BCUT2D eigenvalue weighted by Crippen LogP contribution is 2.27. The number of carbonyl (C=O) groups is 2. The number of halogens is 1. The molecular weight excluding hydrogens is 446 g/mol. The molecule has 3 aromatic rings. The second kappa shape index (κ2) is 9.75. The molecule has 1 aliphatic carbocycles. The van der Waals surface area contributed by atoms with Crippen LogP contribution in [-0.4, -0.2) is 38.4 Å². The Morgan fingerprint density at radius 3 is 2.66 bits per heavy atom. The summed E-state index contributed by atoms with van der Waals surface area (Å²) in [6.45, 7) is 4.76. The lowest BCUT2D eigenvalue weighted by atomic mass is 10.1. The first-order valence-corrected chi connectivity index (χ1v) is 11.8. The Labute approximate surface area is 196 Å². The summed E-state index contributed by atoms with van der Waals surface area (Å²) in [4.78, 5) is 24.7. The van der Waals surface area contributed by atoms with Gasteiger partial charge in [-0.25, -0.2) is 0 Å². The van der Waals surface area contributed by atoms with E-state index in [4.69, 9.17) is 11.6 Å². The Balaban J connectivity index is 1.38. The highest BCUT2D eigenvalue weighted by atomic mass is 35.5. The van der Waals surface area contributed by atoms with Crippen LogP contribution in [0.1, 0.15) is 35.7 Å². The lowest BCUT2D eigenvalue weighted by molar-refractivity contribution is -0.113. The van der Waals surface area contributed by atoms with E-state index < -0.39 is 0 Å². The fourth-order valence-electron chi connectivity index (χ4n) is 3.30. The van der Waals surface area contributed by atoms with Crippen LogP contribution in [0.5, 0.6) is 0 Å². The first-order chi connectivity index (χ1) is 15.5. The van der Waals surface area contributed by atoms with Gasteiger partial charge < -0.3 is 15.2 Å². The highest BCUT2D eigenvalue weighted by molar-refractivity contribution is 7.99. The van der Waals surface area contributed by atoms with Gasteiger partial charge in [0.05, 0.1) is 16.3 Å². The first-order valence-electron chi connectivity index (χ1n) is 10.5. The predicted octanol–water partition coefficient (Wildman–Crippen LogP) is 4.55. The van der Waals surface area contributed by atoms with Gasteiger partial charge in [0, 0.05) is 23.8 Å². The summed E-state index contributed by atoms with van der Waals surface area (Å²) in [7, 11) is 0. The maximum atomic E-state index is 12.5. The first kappa shape index (κ1) is 22.4. The number of carbonyl (C=O) groups excluding carboxylic acids is 2. The van der Waals surface area contributed by atoms with E-state index in [1.807, 2.05) is 42.7 Å². The molecule has 166 valence electrons. The second-order valence-electron chi connectivity index (χ2n) is 7.64. The standard InChI is InChI=1S/C23H24ClN5O2S/c1-3-29-21(17-7-5-4-6-14(17)2)27-28-23(29)32-13-20(30)25-16-10-11-18(19(24)12-16)22(31)26-15-8-9-15/h4-7,10-12,15H,3,8-9,13H2,1-2H3,(H,25,30)(H,26,31). The molecule has 0 spiro atoms. The minimum Gasteiger partial charge on any atom is -0.349 e. The third-order valence-electron chi connectivity index (χ3n) is 5.16. The molecule has 0 atom stereocenters. The zero-order valence-corrected chi connectivity index (χ0v) is 19.5. The largest absolute Gasteiger partial charge is 0.349 e. The number of aryl methyl sites for hydroxylation is 1. The molecule has 0 aliphatic heterocycles. The van der Waals surface area contributed by atoms with Crippen molar-refractivity contribution in [1.29, 1.82) is 0 Å². The average Bonchev–Trinajstić information content (AvgIpc) is 3.49. The van der Waals surface area contributed by atoms with Crippen LogP contribution in [0.4, 0.5) is 5.69 Å². The van der Waals surface area contributed by atoms with Gasteiger partial charge in [-0.05, 0) is 50.5 Å². The molecular formula is C23H24ClN5O2S. The molecule has 2 N–H and O–H groups in total. The van der Waals surface area contributed by atoms with Crippen LogP contribution in [-0.2, 0) is 11.3 Å². The number of nitrogens with zero attached hydrogens (tertiary/aromatic N) is 3. The van der Waals surface area contributed by atoms with Crippen molar-refractivity contribution >= 4 is 40.9 Å². The number of amides is 2. The van der Waals surface area contributed by atoms with E-state index in [1.54, 1.807) is 18.2 Å². The molecule has 2 amide bonds. The third-order valence-corrected chi connectivity index (χ3v) is 6.44. The van der Waals surface area contributed by atoms with E-state index in [1.165, 1.54) is 11.8 Å². The smallest absolute Gasteiger partial charge is 0.253 e. The Hall–Kier alpha value is -2.84. The monoisotopic (exact) mass is 469 g/mol. The lowest BCUT2D eigenvalue weighted by Crippen LogP contribution is -2.25. The number of thioether (sulfide) groups is 1. The normalized spacial score (nSPS) is 13.1. The van der Waals surface area contributed by atoms with Crippen molar-refractivity contribution in [2.45, 2.75) is 44.4 Å². The second-order valence-corrected chi connectivity index (χ2v) is 8.99. The Bertz CT molecular complexity index is 1160. The van der Waals surface area contributed by atoms with Gasteiger partial charge in [-0.3, -0.25) is 9.59 Å². The molecule has 0 unspecified atom stereocenters. The van der Waals surface area contributed by atoms with Crippen LogP contribution in [0.2, 0.25) is 5.02 Å². The van der Waals surface area contributed by atoms with Crippen molar-refractivity contribution < 1.29 is 9.59 Å². The number of rotatable bonds is 8. The van der Waals surface area contributed by atoms with Gasteiger partial charge in [-0.15, -0.1) is 10.2 Å². The van der Waals surface area contributed by atoms with Crippen molar-refractivity contribution in [3.8, 4) is 11.4 Å². The molecule has 4 rings (SSSR count). The van der Waals surface area contributed by atoms with Crippen molar-refractivity contribution in [2.24, 2.45) is 0 Å². The SMILES string of the molecule is CCn1c(SCC(=O)Nc2ccc(C(=O)NC3CC3)c(Cl)c2)nnc1-c1ccccc1C. The molecule has 32 heavy (non-hydrogen) atoms. The number of anilines is 1. The zero-order valence-electron chi connectivity index (χ0n) is 17.9. The molecule has 0 radical (unpaired) electrons. The topological polar surface area (TPSA) is 88.9 Å². The lowest BCUT2D eigenvalue weighted by Gasteiger charge is -2.10. The van der Waals surface area contributed by atoms with Crippen LogP contribution < -0.4 is 10.6 Å². The summed E-state index contributed by atoms with van der Waals surface area (Å²) in [5, 5.41) is 15.4. The minimum atomic E-state index is -0.190. The maximum Gasteiger partial charge on any atom is 0.253 e. The third kappa shape index (κ3) is 5.14. The van der Waals surface area contributed by atoms with Gasteiger partial charge in [0.2, 0.25) is 5.91 Å². The summed E-state index contributed by atoms with van der Waals surface area (Å²) in [5.74, 6) is 0.590. The zero-order chi connectivity index (χ0) is 22.7. The van der Waals surface area contributed by atoms with E-state index in [0.29, 0.717) is 28.0 Å². The van der Waals surface area contributed by atoms with Gasteiger partial charge in [-0.2, -0.15) is 0 Å². The van der Waals surface area contributed by atoms with Crippen molar-refractivity contribution in [2.75, 3.05) is 11.1 Å². The number of nitrogens with one attached hydrogen (secondary N) is 2. The molecule has 0 saturated heterocycles. The van der Waals surface area contributed by atoms with Gasteiger partial charge in [-0.1, -0.05) is 47.6 Å². The molecule has 1 saturated carbocycles. The van der Waals surface area contributed by atoms with Gasteiger partial charge >= 0.3 is 0 Å². The summed E-state index contributed by atoms with van der Waals surface area (Å²) in [5.41, 5.74) is 3.10. The van der Waals surface area contributed by atoms with Gasteiger partial charge in [0.15, 0.2) is 11.0 Å². The van der Waals surface area contributed by atoms with Crippen LogP contribution in [0.3, 0.4) is 0 Å². The van der Waals surface area contributed by atoms with E-state index >= 15 is 0 Å². The van der Waals surface area contributed by atoms with Crippen molar-refractivity contribution in [1.82, 2.24) is 20.1 Å². The Kier molecular flexibility index (Phi) is 6.81. The van der Waals surface area contributed by atoms with Crippen LogP contribution in [0.15, 0.2) is 47.6 Å². The predicted molar refractivity (Wildman–Crippen MR) is 127 cm³/mol. The Morgan fingerprint density at radius 1 is 1.19 bits per heavy atom. The summed E-state index contributed by atoms with van der Waals surface area (Å²) in [6, 6.07) is 13.2. The minimum absolute atomic E-state index is 0.174. The quantitative estimate of drug-likeness (QED) is 0.472. The number of hydrogen-bond acceptors (Lipinski definition) is 5. The van der Waals surface area contributed by atoms with Crippen LogP contribution in [0, 0.1) is 6.92 Å². The van der Waals surface area contributed by atoms with Crippen LogP contribution in [0.25, 0.3) is 11.4 Å². The fourth-order valence-corrected chi connectivity index (χ4v) is 4.37. The van der Waals surface area contributed by atoms with Crippen LogP contribution >= 0.6 is 23.4 Å². The fraction of sp³-hybridized carbons (Fsp3) is 0.304. The van der Waals surface area contributed by atoms with Crippen molar-refractivity contribution in [3.63, 3.8) is 0 Å². The molecule has 1 aromatic heterocycles. The summed E-state index contributed by atoms with van der Waals surface area (Å²) in [6.07, 6.45) is 2.01. The maximum absolute atomic E-state index is 12.5. The molecule has 0 bridgehead atoms. The molecule has 9 heteroatoms. The summed E-state index contributed by atoms with van der Waals surface area (Å²) >= 11 is 7.59. The molecule has 2 aromatic carbocycles. The number of hydrogen-bond donors (Lipinski definition) is 2.